The predicted molar refractivity (Wildman–Crippen MR) is 77.9 cm³/mol. The van der Waals surface area contributed by atoms with Gasteiger partial charge in [-0.25, -0.2) is 4.99 Å². The van der Waals surface area contributed by atoms with Crippen molar-refractivity contribution in [3.8, 4) is 0 Å². The van der Waals surface area contributed by atoms with E-state index in [4.69, 9.17) is 4.99 Å². The molecule has 0 fully saturated rings. The van der Waals surface area contributed by atoms with Crippen LogP contribution < -0.4 is 0 Å². The van der Waals surface area contributed by atoms with Crippen LogP contribution in [0.3, 0.4) is 0 Å². The summed E-state index contributed by atoms with van der Waals surface area (Å²) in [5.74, 6) is 1.07. The Kier molecular flexibility index (Phi) is 2.96. The number of halogens is 1. The van der Waals surface area contributed by atoms with E-state index < -0.39 is 0 Å². The van der Waals surface area contributed by atoms with Gasteiger partial charge in [0.25, 0.3) is 0 Å². The molecule has 0 aliphatic carbocycles. The lowest BCUT2D eigenvalue weighted by Crippen LogP contribution is -2.43. The molecule has 1 aromatic carbocycles. The van der Waals surface area contributed by atoms with Crippen LogP contribution in [0.4, 0.5) is 5.69 Å². The fraction of sp³-hybridized carbons (Fsp3) is 0.333. The van der Waals surface area contributed by atoms with E-state index >= 15 is 0 Å². The fourth-order valence-electron chi connectivity index (χ4n) is 2.16. The molecular weight excluding hydrogens is 298 g/mol. The third-order valence-electron chi connectivity index (χ3n) is 2.97. The molecule has 88 valence electrons. The van der Waals surface area contributed by atoms with Gasteiger partial charge in [0, 0.05) is 10.9 Å². The number of hydrogen-bond donors (Lipinski definition) is 0. The van der Waals surface area contributed by atoms with Gasteiger partial charge in [0.1, 0.15) is 5.84 Å². The number of nitrogens with zero attached hydrogens (tertiary/aromatic N) is 3. The van der Waals surface area contributed by atoms with Crippen LogP contribution in [0.15, 0.2) is 34.3 Å². The largest absolute Gasteiger partial charge is 0.299 e. The number of rotatable bonds is 1. The van der Waals surface area contributed by atoms with Crippen LogP contribution >= 0.6 is 27.7 Å². The van der Waals surface area contributed by atoms with Crippen LogP contribution in [0, 0.1) is 0 Å². The van der Waals surface area contributed by atoms with E-state index in [1.807, 2.05) is 18.2 Å². The van der Waals surface area contributed by atoms with Crippen molar-refractivity contribution in [1.82, 2.24) is 4.90 Å². The average Bonchev–Trinajstić information content (AvgIpc) is 2.82. The highest BCUT2D eigenvalue weighted by atomic mass is 79.9. The van der Waals surface area contributed by atoms with Gasteiger partial charge in [-0.05, 0) is 18.4 Å². The van der Waals surface area contributed by atoms with Crippen LogP contribution in [0.1, 0.15) is 5.56 Å². The van der Waals surface area contributed by atoms with Crippen molar-refractivity contribution < 1.29 is 0 Å². The lowest BCUT2D eigenvalue weighted by molar-refractivity contribution is 0.530. The SMILES string of the molecule is CSC1=Nc2ccccc2C2=NC[C@@H](CBr)N12. The standard InChI is InChI=1S/C12H12BrN3S/c1-17-12-15-10-5-3-2-4-9(10)11-14-7-8(6-13)16(11)12/h2-5,8H,6-7H2,1H3/t8-/m1/s1. The molecular formula is C12H12BrN3S. The summed E-state index contributed by atoms with van der Waals surface area (Å²) in [4.78, 5) is 11.6. The number of amidine groups is 2. The minimum atomic E-state index is 0.393. The Bertz CT molecular complexity index is 512. The third kappa shape index (κ3) is 1.72. The summed E-state index contributed by atoms with van der Waals surface area (Å²) in [6, 6.07) is 8.60. The zero-order valence-electron chi connectivity index (χ0n) is 9.43. The van der Waals surface area contributed by atoms with Crippen molar-refractivity contribution in [3.63, 3.8) is 0 Å². The van der Waals surface area contributed by atoms with Crippen molar-refractivity contribution in [2.24, 2.45) is 9.98 Å². The number of aliphatic imine (C=N–C) groups is 2. The number of alkyl halides is 1. The number of hydrogen-bond acceptors (Lipinski definition) is 4. The fourth-order valence-corrected chi connectivity index (χ4v) is 3.28. The van der Waals surface area contributed by atoms with E-state index in [0.29, 0.717) is 6.04 Å². The Hall–Kier alpha value is -0.810. The van der Waals surface area contributed by atoms with Crippen molar-refractivity contribution in [2.45, 2.75) is 6.04 Å². The molecule has 3 rings (SSSR count). The molecule has 0 aromatic heterocycles. The van der Waals surface area contributed by atoms with E-state index in [1.54, 1.807) is 11.8 Å². The van der Waals surface area contributed by atoms with Gasteiger partial charge in [-0.3, -0.25) is 9.89 Å². The summed E-state index contributed by atoms with van der Waals surface area (Å²) in [7, 11) is 0. The molecule has 1 atom stereocenters. The molecule has 0 unspecified atom stereocenters. The molecule has 17 heavy (non-hydrogen) atoms. The van der Waals surface area contributed by atoms with Gasteiger partial charge in [-0.2, -0.15) is 0 Å². The minimum Gasteiger partial charge on any atom is -0.299 e. The molecule has 3 nitrogen and oxygen atoms in total. The monoisotopic (exact) mass is 309 g/mol. The second-order valence-corrected chi connectivity index (χ2v) is 5.38. The van der Waals surface area contributed by atoms with Gasteiger partial charge < -0.3 is 0 Å². The van der Waals surface area contributed by atoms with E-state index in [0.717, 1.165) is 34.1 Å². The summed E-state index contributed by atoms with van der Waals surface area (Å²) in [5, 5.41) is 1.96. The van der Waals surface area contributed by atoms with Crippen LogP contribution in [0.2, 0.25) is 0 Å². The normalized spacial score (nSPS) is 21.8. The lowest BCUT2D eigenvalue weighted by Gasteiger charge is -2.30. The summed E-state index contributed by atoms with van der Waals surface area (Å²) in [6.07, 6.45) is 2.06. The van der Waals surface area contributed by atoms with Gasteiger partial charge in [0.05, 0.1) is 18.3 Å². The van der Waals surface area contributed by atoms with Crippen molar-refractivity contribution in [2.75, 3.05) is 18.1 Å². The molecule has 0 saturated carbocycles. The molecule has 1 aromatic rings. The topological polar surface area (TPSA) is 28.0 Å². The molecule has 0 bridgehead atoms. The predicted octanol–water partition coefficient (Wildman–Crippen LogP) is 2.88. The van der Waals surface area contributed by atoms with E-state index in [9.17, 15) is 0 Å². The van der Waals surface area contributed by atoms with E-state index in [1.165, 1.54) is 0 Å². The average molecular weight is 310 g/mol. The smallest absolute Gasteiger partial charge is 0.170 e. The van der Waals surface area contributed by atoms with Gasteiger partial charge >= 0.3 is 0 Å². The van der Waals surface area contributed by atoms with Gasteiger partial charge in [0.15, 0.2) is 5.17 Å². The van der Waals surface area contributed by atoms with Crippen LogP contribution in [-0.2, 0) is 0 Å². The highest BCUT2D eigenvalue weighted by molar-refractivity contribution is 9.09. The molecule has 2 aliphatic rings. The summed E-state index contributed by atoms with van der Waals surface area (Å²) >= 11 is 5.23. The minimum absolute atomic E-state index is 0.393. The first-order valence-electron chi connectivity index (χ1n) is 5.47. The summed E-state index contributed by atoms with van der Waals surface area (Å²) in [5.41, 5.74) is 2.18. The van der Waals surface area contributed by atoms with Crippen LogP contribution in [-0.4, -0.2) is 40.1 Å². The quantitative estimate of drug-likeness (QED) is 0.746. The van der Waals surface area contributed by atoms with Gasteiger partial charge in [-0.15, -0.1) is 0 Å². The number of thioether (sulfide) groups is 1. The van der Waals surface area contributed by atoms with Crippen LogP contribution in [0.25, 0.3) is 0 Å². The summed E-state index contributed by atoms with van der Waals surface area (Å²) < 4.78 is 0. The van der Waals surface area contributed by atoms with Crippen molar-refractivity contribution in [3.05, 3.63) is 29.8 Å². The number of fused-ring (bicyclic) bond motifs is 3. The Labute approximate surface area is 113 Å². The number of benzene rings is 1. The maximum absolute atomic E-state index is 4.71. The van der Waals surface area contributed by atoms with Crippen molar-refractivity contribution >= 4 is 44.4 Å². The molecule has 2 heterocycles. The Balaban J connectivity index is 2.14. The first-order valence-corrected chi connectivity index (χ1v) is 7.81. The Morgan fingerprint density at radius 1 is 1.47 bits per heavy atom. The molecule has 0 saturated heterocycles. The Morgan fingerprint density at radius 3 is 3.06 bits per heavy atom. The Morgan fingerprint density at radius 2 is 2.29 bits per heavy atom. The second kappa shape index (κ2) is 4.46. The molecule has 0 N–H and O–H groups in total. The number of para-hydroxylation sites is 1. The highest BCUT2D eigenvalue weighted by Crippen LogP contribution is 2.33. The van der Waals surface area contributed by atoms with E-state index in [2.05, 4.69) is 38.1 Å². The molecule has 0 amide bonds. The maximum atomic E-state index is 4.71. The van der Waals surface area contributed by atoms with Gasteiger partial charge in [0.2, 0.25) is 0 Å². The summed E-state index contributed by atoms with van der Waals surface area (Å²) in [6.45, 7) is 0.842. The van der Waals surface area contributed by atoms with Gasteiger partial charge in [-0.1, -0.05) is 39.8 Å². The highest BCUT2D eigenvalue weighted by Gasteiger charge is 2.35. The maximum Gasteiger partial charge on any atom is 0.170 e. The molecule has 2 aliphatic heterocycles. The van der Waals surface area contributed by atoms with Crippen molar-refractivity contribution in [1.29, 1.82) is 0 Å². The van der Waals surface area contributed by atoms with E-state index in [-0.39, 0.29) is 0 Å². The molecule has 5 heteroatoms. The second-order valence-electron chi connectivity index (χ2n) is 3.96. The first kappa shape index (κ1) is 11.3. The van der Waals surface area contributed by atoms with Crippen LogP contribution in [0.5, 0.6) is 0 Å². The molecule has 0 spiro atoms. The first-order chi connectivity index (χ1) is 8.35. The zero-order valence-corrected chi connectivity index (χ0v) is 11.8. The third-order valence-corrected chi connectivity index (χ3v) is 4.37. The lowest BCUT2D eigenvalue weighted by atomic mass is 10.1. The zero-order chi connectivity index (χ0) is 11.8. The molecule has 0 radical (unpaired) electrons.